The molecule has 92 valence electrons. The third-order valence-electron chi connectivity index (χ3n) is 2.22. The Morgan fingerprint density at radius 3 is 3.06 bits per heavy atom. The first-order valence-corrected chi connectivity index (χ1v) is 6.45. The summed E-state index contributed by atoms with van der Waals surface area (Å²) in [6.45, 7) is 4.06. The molecule has 0 spiro atoms. The minimum Gasteiger partial charge on any atom is -0.391 e. The molecule has 2 N–H and O–H groups in total. The van der Waals surface area contributed by atoms with Crippen molar-refractivity contribution in [2.45, 2.75) is 32.4 Å². The second-order valence-corrected chi connectivity index (χ2v) is 4.60. The zero-order valence-corrected chi connectivity index (χ0v) is 10.7. The summed E-state index contributed by atoms with van der Waals surface area (Å²) in [5, 5.41) is 15.9. The van der Waals surface area contributed by atoms with E-state index in [1.807, 2.05) is 0 Å². The third kappa shape index (κ3) is 5.03. The van der Waals surface area contributed by atoms with Crippen LogP contribution in [0.15, 0.2) is 5.38 Å². The molecule has 1 aromatic heterocycles. The van der Waals surface area contributed by atoms with Crippen LogP contribution in [0.25, 0.3) is 0 Å². The number of nitrogens with one attached hydrogen (secondary N) is 1. The molecule has 5 heteroatoms. The van der Waals surface area contributed by atoms with Crippen molar-refractivity contribution >= 4 is 11.3 Å². The Morgan fingerprint density at radius 1 is 1.62 bits per heavy atom. The minimum absolute atomic E-state index is 0.376. The number of thiazole rings is 1. The monoisotopic (exact) mass is 244 g/mol. The van der Waals surface area contributed by atoms with E-state index in [1.165, 1.54) is 5.01 Å². The predicted octanol–water partition coefficient (Wildman–Crippen LogP) is 1.19. The molecule has 0 aromatic carbocycles. The van der Waals surface area contributed by atoms with Crippen LogP contribution in [0.4, 0.5) is 0 Å². The number of nitrogens with zero attached hydrogens (tertiary/aromatic N) is 1. The molecule has 0 bridgehead atoms. The first kappa shape index (κ1) is 13.6. The molecule has 1 rings (SSSR count). The normalized spacial score (nSPS) is 12.9. The summed E-state index contributed by atoms with van der Waals surface area (Å²) in [6, 6.07) is 0. The Balaban J connectivity index is 2.11. The first-order valence-electron chi connectivity index (χ1n) is 5.57. The number of aromatic nitrogens is 1. The SMILES string of the molecule is CCc1nc(CNCCC(O)COC)cs1. The molecule has 1 heterocycles. The number of rotatable bonds is 8. The zero-order valence-electron chi connectivity index (χ0n) is 9.90. The summed E-state index contributed by atoms with van der Waals surface area (Å²) < 4.78 is 4.85. The van der Waals surface area contributed by atoms with Gasteiger partial charge >= 0.3 is 0 Å². The van der Waals surface area contributed by atoms with Crippen LogP contribution in [0.5, 0.6) is 0 Å². The molecule has 0 saturated carbocycles. The maximum Gasteiger partial charge on any atom is 0.0926 e. The molecular weight excluding hydrogens is 224 g/mol. The van der Waals surface area contributed by atoms with Gasteiger partial charge in [-0.05, 0) is 19.4 Å². The zero-order chi connectivity index (χ0) is 11.8. The lowest BCUT2D eigenvalue weighted by molar-refractivity contribution is 0.0594. The van der Waals surface area contributed by atoms with Gasteiger partial charge in [-0.1, -0.05) is 6.92 Å². The van der Waals surface area contributed by atoms with E-state index in [0.29, 0.717) is 13.0 Å². The van der Waals surface area contributed by atoms with Crippen molar-refractivity contribution in [3.8, 4) is 0 Å². The number of ether oxygens (including phenoxy) is 1. The van der Waals surface area contributed by atoms with Crippen LogP contribution < -0.4 is 5.32 Å². The van der Waals surface area contributed by atoms with E-state index in [9.17, 15) is 5.11 Å². The number of hydrogen-bond acceptors (Lipinski definition) is 5. The average Bonchev–Trinajstić information content (AvgIpc) is 2.73. The van der Waals surface area contributed by atoms with Crippen LogP contribution in [0.2, 0.25) is 0 Å². The average molecular weight is 244 g/mol. The van der Waals surface area contributed by atoms with E-state index in [1.54, 1.807) is 18.4 Å². The molecule has 1 unspecified atom stereocenters. The Kier molecular flexibility index (Phi) is 6.56. The van der Waals surface area contributed by atoms with Crippen LogP contribution in [-0.2, 0) is 17.7 Å². The fourth-order valence-electron chi connectivity index (χ4n) is 1.35. The summed E-state index contributed by atoms with van der Waals surface area (Å²) in [5.74, 6) is 0. The van der Waals surface area contributed by atoms with E-state index < -0.39 is 0 Å². The van der Waals surface area contributed by atoms with Gasteiger partial charge in [0.25, 0.3) is 0 Å². The van der Waals surface area contributed by atoms with Crippen molar-refractivity contribution in [1.29, 1.82) is 0 Å². The summed E-state index contributed by atoms with van der Waals surface area (Å²) >= 11 is 1.70. The van der Waals surface area contributed by atoms with Crippen molar-refractivity contribution in [2.75, 3.05) is 20.3 Å². The first-order chi connectivity index (χ1) is 7.76. The van der Waals surface area contributed by atoms with Crippen LogP contribution in [0, 0.1) is 0 Å². The molecule has 1 atom stereocenters. The van der Waals surface area contributed by atoms with E-state index in [2.05, 4.69) is 22.6 Å². The van der Waals surface area contributed by atoms with Crippen molar-refractivity contribution in [2.24, 2.45) is 0 Å². The fraction of sp³-hybridized carbons (Fsp3) is 0.727. The molecule has 0 radical (unpaired) electrons. The minimum atomic E-state index is -0.376. The second-order valence-electron chi connectivity index (χ2n) is 3.66. The largest absolute Gasteiger partial charge is 0.391 e. The highest BCUT2D eigenvalue weighted by Gasteiger charge is 2.03. The third-order valence-corrected chi connectivity index (χ3v) is 3.26. The molecule has 0 aliphatic carbocycles. The lowest BCUT2D eigenvalue weighted by Gasteiger charge is -2.09. The van der Waals surface area contributed by atoms with Crippen LogP contribution >= 0.6 is 11.3 Å². The topological polar surface area (TPSA) is 54.4 Å². The Labute approximate surface area is 101 Å². The Morgan fingerprint density at radius 2 is 2.44 bits per heavy atom. The highest BCUT2D eigenvalue weighted by molar-refractivity contribution is 7.09. The lowest BCUT2D eigenvalue weighted by Crippen LogP contribution is -2.23. The van der Waals surface area contributed by atoms with Gasteiger partial charge in [0.2, 0.25) is 0 Å². The van der Waals surface area contributed by atoms with Gasteiger partial charge in [0.05, 0.1) is 23.4 Å². The Bertz CT molecular complexity index is 291. The maximum atomic E-state index is 9.41. The maximum absolute atomic E-state index is 9.41. The molecular formula is C11H20N2O2S. The predicted molar refractivity (Wildman–Crippen MR) is 65.7 cm³/mol. The van der Waals surface area contributed by atoms with Gasteiger partial charge in [-0.3, -0.25) is 0 Å². The molecule has 4 nitrogen and oxygen atoms in total. The highest BCUT2D eigenvalue weighted by Crippen LogP contribution is 2.09. The number of aliphatic hydroxyl groups is 1. The van der Waals surface area contributed by atoms with Crippen LogP contribution in [0.3, 0.4) is 0 Å². The molecule has 0 aliphatic heterocycles. The van der Waals surface area contributed by atoms with Crippen molar-refractivity contribution in [3.63, 3.8) is 0 Å². The van der Waals surface area contributed by atoms with Gasteiger partial charge in [0.1, 0.15) is 0 Å². The lowest BCUT2D eigenvalue weighted by atomic mass is 10.2. The number of aryl methyl sites for hydroxylation is 1. The molecule has 0 saturated heterocycles. The number of hydrogen-bond donors (Lipinski definition) is 2. The summed E-state index contributed by atoms with van der Waals surface area (Å²) in [4.78, 5) is 4.45. The smallest absolute Gasteiger partial charge is 0.0926 e. The number of methoxy groups -OCH3 is 1. The van der Waals surface area contributed by atoms with Gasteiger partial charge in [0.15, 0.2) is 0 Å². The van der Waals surface area contributed by atoms with Gasteiger partial charge in [0, 0.05) is 19.0 Å². The van der Waals surface area contributed by atoms with Gasteiger partial charge in [-0.25, -0.2) is 4.98 Å². The quantitative estimate of drug-likeness (QED) is 0.675. The van der Waals surface area contributed by atoms with Gasteiger partial charge in [-0.2, -0.15) is 0 Å². The summed E-state index contributed by atoms with van der Waals surface area (Å²) in [7, 11) is 1.60. The van der Waals surface area contributed by atoms with Gasteiger partial charge in [-0.15, -0.1) is 11.3 Å². The second kappa shape index (κ2) is 7.73. The van der Waals surface area contributed by atoms with E-state index >= 15 is 0 Å². The molecule has 0 aliphatic rings. The number of aliphatic hydroxyl groups excluding tert-OH is 1. The summed E-state index contributed by atoms with van der Waals surface area (Å²) in [6.07, 6.45) is 1.33. The van der Waals surface area contributed by atoms with E-state index in [0.717, 1.165) is 25.2 Å². The molecule has 1 aromatic rings. The molecule has 0 fully saturated rings. The Hall–Kier alpha value is -0.490. The van der Waals surface area contributed by atoms with Crippen LogP contribution in [-0.4, -0.2) is 36.5 Å². The standard InChI is InChI=1S/C11H20N2O2S/c1-3-11-13-9(8-16-11)6-12-5-4-10(14)7-15-2/h8,10,12,14H,3-7H2,1-2H3. The summed E-state index contributed by atoms with van der Waals surface area (Å²) in [5.41, 5.74) is 1.09. The molecule has 0 amide bonds. The van der Waals surface area contributed by atoms with Gasteiger partial charge < -0.3 is 15.2 Å². The van der Waals surface area contributed by atoms with Crippen LogP contribution in [0.1, 0.15) is 24.0 Å². The molecule has 16 heavy (non-hydrogen) atoms. The van der Waals surface area contributed by atoms with E-state index in [4.69, 9.17) is 4.74 Å². The fourth-order valence-corrected chi connectivity index (χ4v) is 2.10. The van der Waals surface area contributed by atoms with Crippen molar-refractivity contribution < 1.29 is 9.84 Å². The highest BCUT2D eigenvalue weighted by atomic mass is 32.1. The van der Waals surface area contributed by atoms with E-state index in [-0.39, 0.29) is 6.10 Å². The van der Waals surface area contributed by atoms with Crippen molar-refractivity contribution in [1.82, 2.24) is 10.3 Å². The van der Waals surface area contributed by atoms with Crippen molar-refractivity contribution in [3.05, 3.63) is 16.1 Å².